The molecule has 1 aromatic heterocycles. The molecular weight excluding hydrogens is 565 g/mol. The zero-order chi connectivity index (χ0) is 29.5. The number of benzene rings is 1. The van der Waals surface area contributed by atoms with Gasteiger partial charge >= 0.3 is 12.1 Å². The monoisotopic (exact) mass is 596 g/mol. The van der Waals surface area contributed by atoms with E-state index in [0.29, 0.717) is 17.0 Å². The molecule has 1 amide bonds. The number of hydrogen-bond acceptors (Lipinski definition) is 5. The molecule has 2 heterocycles. The summed E-state index contributed by atoms with van der Waals surface area (Å²) in [6.45, 7) is 5.10. The first-order chi connectivity index (χ1) is 18.6. The summed E-state index contributed by atoms with van der Waals surface area (Å²) in [5.74, 6) is 4.20. The minimum Gasteiger partial charge on any atom is -0.477 e. The van der Waals surface area contributed by atoms with Gasteiger partial charge in [0.1, 0.15) is 4.88 Å². The molecule has 1 aromatic carbocycles. The maximum Gasteiger partial charge on any atom is 0.416 e. The molecule has 1 N–H and O–H groups in total. The predicted octanol–water partition coefficient (Wildman–Crippen LogP) is 5.85. The van der Waals surface area contributed by atoms with Crippen LogP contribution >= 0.6 is 11.3 Å². The lowest BCUT2D eigenvalue weighted by atomic mass is 9.82. The zero-order valence-electron chi connectivity index (χ0n) is 22.4. The zero-order valence-corrected chi connectivity index (χ0v) is 24.0. The van der Waals surface area contributed by atoms with Gasteiger partial charge in [0.25, 0.3) is 0 Å². The Kier molecular flexibility index (Phi) is 8.41. The number of carboxylic acids is 1. The van der Waals surface area contributed by atoms with Crippen molar-refractivity contribution in [3.63, 3.8) is 0 Å². The molecule has 1 saturated heterocycles. The molecule has 4 rings (SSSR count). The lowest BCUT2D eigenvalue weighted by Crippen LogP contribution is -2.60. The first-order valence-corrected chi connectivity index (χ1v) is 15.2. The van der Waals surface area contributed by atoms with Crippen LogP contribution in [0.1, 0.15) is 73.0 Å². The molecule has 1 aliphatic heterocycles. The van der Waals surface area contributed by atoms with Gasteiger partial charge in [-0.2, -0.15) is 17.5 Å². The maximum absolute atomic E-state index is 13.7. The van der Waals surface area contributed by atoms with E-state index in [1.807, 2.05) is 20.8 Å². The highest BCUT2D eigenvalue weighted by Gasteiger charge is 2.44. The largest absolute Gasteiger partial charge is 0.477 e. The van der Waals surface area contributed by atoms with Crippen molar-refractivity contribution in [3.8, 4) is 11.8 Å². The van der Waals surface area contributed by atoms with Gasteiger partial charge in [0.2, 0.25) is 15.9 Å². The van der Waals surface area contributed by atoms with E-state index in [1.54, 1.807) is 6.07 Å². The third-order valence-corrected chi connectivity index (χ3v) is 9.90. The van der Waals surface area contributed by atoms with Gasteiger partial charge in [-0.3, -0.25) is 4.79 Å². The fourth-order valence-electron chi connectivity index (χ4n) is 5.13. The molecule has 40 heavy (non-hydrogen) atoms. The van der Waals surface area contributed by atoms with Gasteiger partial charge in [-0.25, -0.2) is 13.2 Å². The van der Waals surface area contributed by atoms with Crippen molar-refractivity contribution >= 4 is 38.9 Å². The summed E-state index contributed by atoms with van der Waals surface area (Å²) in [5, 5.41) is 9.97. The van der Waals surface area contributed by atoms with Crippen LogP contribution in [-0.4, -0.2) is 48.8 Å². The van der Waals surface area contributed by atoms with Gasteiger partial charge < -0.3 is 10.0 Å². The van der Waals surface area contributed by atoms with Crippen molar-refractivity contribution in [1.82, 2.24) is 4.31 Å². The van der Waals surface area contributed by atoms with E-state index in [0.717, 1.165) is 59.9 Å². The second kappa shape index (κ2) is 11.2. The van der Waals surface area contributed by atoms with Gasteiger partial charge in [0.05, 0.1) is 33.6 Å². The molecule has 1 aliphatic carbocycles. The van der Waals surface area contributed by atoms with Crippen molar-refractivity contribution in [1.29, 1.82) is 0 Å². The first-order valence-electron chi connectivity index (χ1n) is 13.0. The number of aromatic carboxylic acids is 1. The lowest BCUT2D eigenvalue weighted by molar-refractivity contribution is -0.137. The lowest BCUT2D eigenvalue weighted by Gasteiger charge is -2.44. The molecule has 216 valence electrons. The Morgan fingerprint density at radius 3 is 2.25 bits per heavy atom. The summed E-state index contributed by atoms with van der Waals surface area (Å²) in [6.07, 6.45) is -0.332. The molecule has 2 aliphatic rings. The summed E-state index contributed by atoms with van der Waals surface area (Å²) in [5.41, 5.74) is -1.11. The number of piperazine rings is 1. The molecule has 2 aromatic rings. The van der Waals surface area contributed by atoms with Gasteiger partial charge in [0.15, 0.2) is 0 Å². The molecule has 7 nitrogen and oxygen atoms in total. The van der Waals surface area contributed by atoms with Crippen molar-refractivity contribution in [2.24, 2.45) is 11.3 Å². The molecule has 2 fully saturated rings. The summed E-state index contributed by atoms with van der Waals surface area (Å²) in [4.78, 5) is 27.4. The number of thiophene rings is 1. The fraction of sp³-hybridized carbons (Fsp3) is 0.500. The number of carboxylic acid groups (broad SMARTS) is 1. The molecule has 1 saturated carbocycles. The normalized spacial score (nSPS) is 19.8. The van der Waals surface area contributed by atoms with Crippen LogP contribution in [0.2, 0.25) is 0 Å². The van der Waals surface area contributed by atoms with E-state index in [4.69, 9.17) is 0 Å². The Hall–Kier alpha value is -2.88. The summed E-state index contributed by atoms with van der Waals surface area (Å²) < 4.78 is 67.0. The number of hydrogen-bond donors (Lipinski definition) is 1. The number of anilines is 1. The van der Waals surface area contributed by atoms with Crippen molar-refractivity contribution < 1.29 is 36.3 Å². The van der Waals surface area contributed by atoms with Crippen LogP contribution in [0, 0.1) is 23.2 Å². The molecule has 0 spiro atoms. The summed E-state index contributed by atoms with van der Waals surface area (Å²) in [7, 11) is -4.30. The third-order valence-electron chi connectivity index (χ3n) is 7.04. The first kappa shape index (κ1) is 30.1. The third kappa shape index (κ3) is 6.53. The van der Waals surface area contributed by atoms with E-state index in [-0.39, 0.29) is 33.3 Å². The molecule has 12 heteroatoms. The van der Waals surface area contributed by atoms with Gasteiger partial charge in [-0.15, -0.1) is 11.3 Å². The highest BCUT2D eigenvalue weighted by Crippen LogP contribution is 2.39. The molecule has 0 unspecified atom stereocenters. The number of nitrogens with zero attached hydrogens (tertiary/aromatic N) is 2. The Morgan fingerprint density at radius 2 is 1.70 bits per heavy atom. The van der Waals surface area contributed by atoms with E-state index in [2.05, 4.69) is 11.8 Å². The minimum absolute atomic E-state index is 0.0496. The highest BCUT2D eigenvalue weighted by atomic mass is 32.2. The summed E-state index contributed by atoms with van der Waals surface area (Å²) in [6, 6.07) is 4.14. The number of alkyl halides is 3. The van der Waals surface area contributed by atoms with Crippen LogP contribution in [0.4, 0.5) is 18.9 Å². The van der Waals surface area contributed by atoms with Crippen molar-refractivity contribution in [2.75, 3.05) is 18.0 Å². The standard InChI is InChI=1S/C28H31F3N2O5S2/c1-27(2,3)14-13-20-15-22(25(39-20)26(35)36)33-23(18-7-5-4-6-8-18)16-32(17-24(33)34)40(37,38)21-11-9-19(10-12-21)28(29,30)31/h9-12,15,18,23H,4-8,16-17H2,1-3H3,(H,35,36)/t23-/m0/s1. The van der Waals surface area contributed by atoms with Crippen LogP contribution in [0.25, 0.3) is 0 Å². The van der Waals surface area contributed by atoms with E-state index >= 15 is 0 Å². The van der Waals surface area contributed by atoms with Crippen molar-refractivity contribution in [2.45, 2.75) is 70.0 Å². The number of halogens is 3. The second-order valence-corrected chi connectivity index (χ2v) is 14.2. The average molecular weight is 597 g/mol. The number of rotatable bonds is 5. The Balaban J connectivity index is 1.73. The van der Waals surface area contributed by atoms with Crippen LogP contribution in [-0.2, 0) is 21.0 Å². The SMILES string of the molecule is CC(C)(C)C#Cc1cc(N2C(=O)CN(S(=O)(=O)c3ccc(C(F)(F)F)cc3)C[C@H]2C2CCCCC2)c(C(=O)O)s1. The van der Waals surface area contributed by atoms with Crippen LogP contribution in [0.15, 0.2) is 35.2 Å². The summed E-state index contributed by atoms with van der Waals surface area (Å²) >= 11 is 0.968. The molecule has 0 bridgehead atoms. The molecular formula is C28H31F3N2O5S2. The highest BCUT2D eigenvalue weighted by molar-refractivity contribution is 7.89. The molecule has 0 radical (unpaired) electrons. The number of carbonyl (C=O) groups excluding carboxylic acids is 1. The van der Waals surface area contributed by atoms with E-state index in [9.17, 15) is 36.3 Å². The minimum atomic E-state index is -4.62. The number of carbonyl (C=O) groups is 2. The predicted molar refractivity (Wildman–Crippen MR) is 146 cm³/mol. The molecule has 1 atom stereocenters. The van der Waals surface area contributed by atoms with Gasteiger partial charge in [-0.05, 0) is 69.9 Å². The van der Waals surface area contributed by atoms with Gasteiger partial charge in [0, 0.05) is 12.0 Å². The van der Waals surface area contributed by atoms with Crippen LogP contribution in [0.3, 0.4) is 0 Å². The Labute approximate surface area is 236 Å². The van der Waals surface area contributed by atoms with Crippen LogP contribution in [0.5, 0.6) is 0 Å². The Bertz CT molecular complexity index is 1440. The smallest absolute Gasteiger partial charge is 0.416 e. The van der Waals surface area contributed by atoms with Crippen LogP contribution < -0.4 is 4.90 Å². The van der Waals surface area contributed by atoms with E-state index in [1.165, 1.54) is 4.90 Å². The van der Waals surface area contributed by atoms with E-state index < -0.39 is 46.2 Å². The fourth-order valence-corrected chi connectivity index (χ4v) is 7.38. The number of amides is 1. The van der Waals surface area contributed by atoms with Crippen molar-refractivity contribution in [3.05, 3.63) is 45.6 Å². The topological polar surface area (TPSA) is 95.0 Å². The van der Waals surface area contributed by atoms with Gasteiger partial charge in [-0.1, -0.05) is 31.1 Å². The second-order valence-electron chi connectivity index (χ2n) is 11.2. The average Bonchev–Trinajstić information content (AvgIpc) is 3.31. The maximum atomic E-state index is 13.7. The number of sulfonamides is 1. The quantitative estimate of drug-likeness (QED) is 0.437. The Morgan fingerprint density at radius 1 is 1.07 bits per heavy atom.